The molecule has 0 unspecified atom stereocenters. The Kier molecular flexibility index (Phi) is 12.8. The van der Waals surface area contributed by atoms with Crippen LogP contribution in [0.25, 0.3) is 0 Å². The van der Waals surface area contributed by atoms with E-state index in [9.17, 15) is 22.8 Å². The third-order valence-electron chi connectivity index (χ3n) is 5.76. The largest absolute Gasteiger partial charge is 0.573 e. The molecular formula is C28H38F3N3O3. The molecule has 2 aromatic rings. The standard InChI is InChI=1S/C28H38F3N3O3/c1-3-20-34(21-4-2)24-14-10-22(11-15-24)26(35)32-18-8-6-5-7-9-19-33-27(36)23-12-16-25(17-13-23)37-28(29,30)31/h10-17H,3-9,18-21H2,1-2H3,(H,32,35)(H,33,36). The van der Waals surface area contributed by atoms with Crippen LogP contribution in [-0.2, 0) is 0 Å². The fourth-order valence-electron chi connectivity index (χ4n) is 3.93. The van der Waals surface area contributed by atoms with Gasteiger partial charge in [0, 0.05) is 43.0 Å². The van der Waals surface area contributed by atoms with Crippen molar-refractivity contribution < 1.29 is 27.5 Å². The average molecular weight is 522 g/mol. The number of anilines is 1. The van der Waals surface area contributed by atoms with Crippen molar-refractivity contribution in [3.05, 3.63) is 59.7 Å². The zero-order chi connectivity index (χ0) is 27.1. The van der Waals surface area contributed by atoms with E-state index >= 15 is 0 Å². The molecule has 0 fully saturated rings. The highest BCUT2D eigenvalue weighted by Gasteiger charge is 2.31. The van der Waals surface area contributed by atoms with Crippen molar-refractivity contribution in [2.75, 3.05) is 31.1 Å². The summed E-state index contributed by atoms with van der Waals surface area (Å²) in [4.78, 5) is 26.8. The molecule has 0 aliphatic carbocycles. The first-order chi connectivity index (χ1) is 17.7. The summed E-state index contributed by atoms with van der Waals surface area (Å²) < 4.78 is 40.4. The molecule has 0 spiro atoms. The number of unbranched alkanes of at least 4 members (excludes halogenated alkanes) is 4. The van der Waals surface area contributed by atoms with Crippen molar-refractivity contribution in [3.8, 4) is 5.75 Å². The van der Waals surface area contributed by atoms with E-state index in [1.807, 2.05) is 24.3 Å². The minimum Gasteiger partial charge on any atom is -0.406 e. The number of benzene rings is 2. The third-order valence-corrected chi connectivity index (χ3v) is 5.76. The van der Waals surface area contributed by atoms with E-state index in [1.165, 1.54) is 12.1 Å². The summed E-state index contributed by atoms with van der Waals surface area (Å²) >= 11 is 0. The molecule has 0 bridgehead atoms. The highest BCUT2D eigenvalue weighted by molar-refractivity contribution is 5.94. The summed E-state index contributed by atoms with van der Waals surface area (Å²) in [6.07, 6.45) is 1.96. The predicted molar refractivity (Wildman–Crippen MR) is 140 cm³/mol. The van der Waals surface area contributed by atoms with E-state index in [1.54, 1.807) is 0 Å². The Morgan fingerprint density at radius 2 is 1.16 bits per heavy atom. The first-order valence-corrected chi connectivity index (χ1v) is 13.0. The van der Waals surface area contributed by atoms with Crippen LogP contribution < -0.4 is 20.3 Å². The van der Waals surface area contributed by atoms with Crippen molar-refractivity contribution in [2.24, 2.45) is 0 Å². The molecular weight excluding hydrogens is 483 g/mol. The van der Waals surface area contributed by atoms with Crippen LogP contribution in [0.1, 0.15) is 79.5 Å². The summed E-state index contributed by atoms with van der Waals surface area (Å²) in [7, 11) is 0. The number of nitrogens with zero attached hydrogens (tertiary/aromatic N) is 1. The van der Waals surface area contributed by atoms with E-state index in [0.29, 0.717) is 18.7 Å². The van der Waals surface area contributed by atoms with Crippen LogP contribution in [0, 0.1) is 0 Å². The third kappa shape index (κ3) is 11.6. The zero-order valence-corrected chi connectivity index (χ0v) is 21.7. The van der Waals surface area contributed by atoms with Crippen LogP contribution in [-0.4, -0.2) is 44.4 Å². The Bertz CT molecular complexity index is 942. The number of carbonyl (C=O) groups excluding carboxylic acids is 2. The number of rotatable bonds is 16. The normalized spacial score (nSPS) is 11.2. The van der Waals surface area contributed by atoms with Gasteiger partial charge in [-0.05, 0) is 74.2 Å². The molecule has 0 atom stereocenters. The van der Waals surface area contributed by atoms with Gasteiger partial charge in [-0.15, -0.1) is 13.2 Å². The van der Waals surface area contributed by atoms with Gasteiger partial charge in [-0.3, -0.25) is 9.59 Å². The maximum atomic E-state index is 12.4. The molecule has 0 aliphatic heterocycles. The maximum absolute atomic E-state index is 12.4. The van der Waals surface area contributed by atoms with Gasteiger partial charge in [0.15, 0.2) is 0 Å². The Hall–Kier alpha value is -3.23. The molecule has 0 heterocycles. The Balaban J connectivity index is 1.56. The Morgan fingerprint density at radius 1 is 0.730 bits per heavy atom. The summed E-state index contributed by atoms with van der Waals surface area (Å²) in [5.74, 6) is -0.762. The molecule has 6 nitrogen and oxygen atoms in total. The molecule has 0 aliphatic rings. The van der Waals surface area contributed by atoms with E-state index < -0.39 is 6.36 Å². The van der Waals surface area contributed by atoms with Crippen LogP contribution in [0.15, 0.2) is 48.5 Å². The minimum atomic E-state index is -4.76. The molecule has 0 saturated carbocycles. The number of hydrogen-bond donors (Lipinski definition) is 2. The number of carbonyl (C=O) groups is 2. The first kappa shape index (κ1) is 30.0. The molecule has 0 radical (unpaired) electrons. The van der Waals surface area contributed by atoms with Gasteiger partial charge in [0.05, 0.1) is 0 Å². The Morgan fingerprint density at radius 3 is 1.59 bits per heavy atom. The molecule has 2 N–H and O–H groups in total. The van der Waals surface area contributed by atoms with Crippen LogP contribution in [0.4, 0.5) is 18.9 Å². The number of amides is 2. The lowest BCUT2D eigenvalue weighted by Gasteiger charge is -2.23. The number of halogens is 3. The highest BCUT2D eigenvalue weighted by Crippen LogP contribution is 2.22. The van der Waals surface area contributed by atoms with Crippen molar-refractivity contribution in [2.45, 2.75) is 65.2 Å². The lowest BCUT2D eigenvalue weighted by Crippen LogP contribution is -2.26. The molecule has 0 aromatic heterocycles. The molecule has 0 saturated heterocycles. The van der Waals surface area contributed by atoms with Crippen molar-refractivity contribution in [1.29, 1.82) is 0 Å². The van der Waals surface area contributed by atoms with Gasteiger partial charge in [0.25, 0.3) is 11.8 Å². The molecule has 2 rings (SSSR count). The van der Waals surface area contributed by atoms with Gasteiger partial charge in [0.1, 0.15) is 5.75 Å². The van der Waals surface area contributed by atoms with Gasteiger partial charge in [-0.25, -0.2) is 0 Å². The maximum Gasteiger partial charge on any atom is 0.573 e. The second-order valence-electron chi connectivity index (χ2n) is 8.89. The van der Waals surface area contributed by atoms with Crippen LogP contribution >= 0.6 is 0 Å². The van der Waals surface area contributed by atoms with Gasteiger partial charge in [-0.1, -0.05) is 33.1 Å². The summed E-state index contributed by atoms with van der Waals surface area (Å²) in [5, 5.41) is 5.73. The van der Waals surface area contributed by atoms with Crippen LogP contribution in [0.5, 0.6) is 5.75 Å². The fraction of sp³-hybridized carbons (Fsp3) is 0.500. The summed E-state index contributed by atoms with van der Waals surface area (Å²) in [5.41, 5.74) is 2.08. The van der Waals surface area contributed by atoms with Gasteiger partial charge in [0.2, 0.25) is 0 Å². The predicted octanol–water partition coefficient (Wildman–Crippen LogP) is 6.32. The van der Waals surface area contributed by atoms with E-state index in [0.717, 1.165) is 75.9 Å². The molecule has 9 heteroatoms. The minimum absolute atomic E-state index is 0.0650. The second kappa shape index (κ2) is 15.8. The van der Waals surface area contributed by atoms with Crippen molar-refractivity contribution in [1.82, 2.24) is 10.6 Å². The smallest absolute Gasteiger partial charge is 0.406 e. The van der Waals surface area contributed by atoms with E-state index in [4.69, 9.17) is 0 Å². The van der Waals surface area contributed by atoms with E-state index in [2.05, 4.69) is 34.1 Å². The van der Waals surface area contributed by atoms with Gasteiger partial charge >= 0.3 is 6.36 Å². The lowest BCUT2D eigenvalue weighted by molar-refractivity contribution is -0.274. The lowest BCUT2D eigenvalue weighted by atomic mass is 10.1. The number of hydrogen-bond acceptors (Lipinski definition) is 4. The average Bonchev–Trinajstić information content (AvgIpc) is 2.87. The topological polar surface area (TPSA) is 70.7 Å². The molecule has 37 heavy (non-hydrogen) atoms. The summed E-state index contributed by atoms with van der Waals surface area (Å²) in [6.45, 7) is 7.43. The zero-order valence-electron chi connectivity index (χ0n) is 21.7. The van der Waals surface area contributed by atoms with E-state index in [-0.39, 0.29) is 23.1 Å². The highest BCUT2D eigenvalue weighted by atomic mass is 19.4. The first-order valence-electron chi connectivity index (χ1n) is 13.0. The summed E-state index contributed by atoms with van der Waals surface area (Å²) in [6, 6.07) is 12.6. The number of ether oxygens (including phenoxy) is 1. The van der Waals surface area contributed by atoms with Crippen LogP contribution in [0.2, 0.25) is 0 Å². The van der Waals surface area contributed by atoms with Crippen LogP contribution in [0.3, 0.4) is 0 Å². The fourth-order valence-corrected chi connectivity index (χ4v) is 3.93. The molecule has 204 valence electrons. The molecule has 2 amide bonds. The Labute approximate surface area is 217 Å². The second-order valence-corrected chi connectivity index (χ2v) is 8.89. The van der Waals surface area contributed by atoms with Gasteiger partial charge < -0.3 is 20.3 Å². The number of nitrogens with one attached hydrogen (secondary N) is 2. The van der Waals surface area contributed by atoms with Crippen molar-refractivity contribution >= 4 is 17.5 Å². The van der Waals surface area contributed by atoms with Crippen molar-refractivity contribution in [3.63, 3.8) is 0 Å². The molecule has 2 aromatic carbocycles. The SMILES string of the molecule is CCCN(CCC)c1ccc(C(=O)NCCCCCCCNC(=O)c2ccc(OC(F)(F)F)cc2)cc1. The monoisotopic (exact) mass is 521 g/mol. The number of alkyl halides is 3. The quantitative estimate of drug-likeness (QED) is 0.254. The van der Waals surface area contributed by atoms with Gasteiger partial charge in [-0.2, -0.15) is 0 Å².